The van der Waals surface area contributed by atoms with Crippen molar-refractivity contribution >= 4 is 17.8 Å². The number of halogens is 4. The fraction of sp³-hybridized carbons (Fsp3) is 0.640. The number of ether oxygens (including phenoxy) is 1. The third-order valence-electron chi connectivity index (χ3n) is 7.24. The molecule has 3 aliphatic rings. The predicted molar refractivity (Wildman–Crippen MR) is 129 cm³/mol. The van der Waals surface area contributed by atoms with Crippen molar-refractivity contribution in [3.63, 3.8) is 0 Å². The third kappa shape index (κ3) is 6.55. The van der Waals surface area contributed by atoms with Crippen molar-refractivity contribution in [1.82, 2.24) is 20.3 Å². The fourth-order valence-corrected chi connectivity index (χ4v) is 5.12. The molecule has 2 aliphatic heterocycles. The van der Waals surface area contributed by atoms with E-state index >= 15 is 0 Å². The van der Waals surface area contributed by atoms with Crippen molar-refractivity contribution in [2.45, 2.75) is 63.0 Å². The summed E-state index contributed by atoms with van der Waals surface area (Å²) in [6, 6.07) is 0.701. The molecule has 38 heavy (non-hydrogen) atoms. The van der Waals surface area contributed by atoms with Crippen LogP contribution in [0.25, 0.3) is 0 Å². The number of hydrogen-bond acceptors (Lipinski definition) is 6. The molecule has 3 amide bonds. The summed E-state index contributed by atoms with van der Waals surface area (Å²) in [4.78, 5) is 36.8. The molecule has 0 aromatic carbocycles. The monoisotopic (exact) mass is 543 g/mol. The minimum Gasteiger partial charge on any atom is -0.413 e. The number of hydrogen-bond donors (Lipinski definition) is 2. The number of alkyl halides is 4. The van der Waals surface area contributed by atoms with Crippen LogP contribution >= 0.6 is 0 Å². The van der Waals surface area contributed by atoms with Gasteiger partial charge < -0.3 is 25.1 Å². The maximum Gasteiger partial charge on any atom is 0.318 e. The Balaban J connectivity index is 1.54. The van der Waals surface area contributed by atoms with Crippen LogP contribution in [0.2, 0.25) is 0 Å². The van der Waals surface area contributed by atoms with Crippen LogP contribution in [-0.2, 0) is 14.4 Å². The number of aromatic nitrogens is 1. The molecule has 0 unspecified atom stereocenters. The molecule has 1 aliphatic carbocycles. The van der Waals surface area contributed by atoms with Gasteiger partial charge in [0, 0.05) is 26.1 Å². The maximum absolute atomic E-state index is 14.1. The molecule has 0 bridgehead atoms. The number of amides is 3. The fourth-order valence-electron chi connectivity index (χ4n) is 5.12. The SMILES string of the molecule is CCC1=CON([C@H](C(=O)Nc2cc([C@@H](COC)N3CC(F)(F)CNC3=O)ccn2)C2CCC(F)(F)CC2)C1. The molecule has 3 heterocycles. The van der Waals surface area contributed by atoms with E-state index in [1.807, 2.05) is 6.92 Å². The number of carbonyl (C=O) groups is 2. The predicted octanol–water partition coefficient (Wildman–Crippen LogP) is 4.10. The van der Waals surface area contributed by atoms with Gasteiger partial charge in [-0.2, -0.15) is 0 Å². The average molecular weight is 544 g/mol. The van der Waals surface area contributed by atoms with Gasteiger partial charge in [0.05, 0.1) is 32.3 Å². The molecule has 2 fully saturated rings. The van der Waals surface area contributed by atoms with Crippen molar-refractivity contribution in [3.05, 3.63) is 35.7 Å². The van der Waals surface area contributed by atoms with Gasteiger partial charge in [-0.1, -0.05) is 6.92 Å². The van der Waals surface area contributed by atoms with Crippen molar-refractivity contribution in [1.29, 1.82) is 0 Å². The minimum absolute atomic E-state index is 0.0626. The van der Waals surface area contributed by atoms with Gasteiger partial charge in [0.15, 0.2) is 0 Å². The molecule has 210 valence electrons. The van der Waals surface area contributed by atoms with E-state index in [0.717, 1.165) is 16.9 Å². The lowest BCUT2D eigenvalue weighted by Gasteiger charge is -2.38. The molecule has 1 aromatic heterocycles. The van der Waals surface area contributed by atoms with Crippen molar-refractivity contribution in [3.8, 4) is 0 Å². The van der Waals surface area contributed by atoms with Crippen LogP contribution in [0.5, 0.6) is 0 Å². The first kappa shape index (κ1) is 28.1. The highest BCUT2D eigenvalue weighted by Gasteiger charge is 2.44. The minimum atomic E-state index is -3.12. The first-order valence-corrected chi connectivity index (χ1v) is 12.7. The number of nitrogens with zero attached hydrogens (tertiary/aromatic N) is 3. The number of nitrogens with one attached hydrogen (secondary N) is 2. The molecule has 4 rings (SSSR count). The maximum atomic E-state index is 14.1. The van der Waals surface area contributed by atoms with Crippen LogP contribution in [0, 0.1) is 5.92 Å². The quantitative estimate of drug-likeness (QED) is 0.456. The van der Waals surface area contributed by atoms with Gasteiger partial charge >= 0.3 is 6.03 Å². The Kier molecular flexibility index (Phi) is 8.46. The molecule has 2 atom stereocenters. The van der Waals surface area contributed by atoms with Gasteiger partial charge in [-0.3, -0.25) is 4.79 Å². The van der Waals surface area contributed by atoms with Gasteiger partial charge in [0.25, 0.3) is 5.92 Å². The van der Waals surface area contributed by atoms with E-state index in [4.69, 9.17) is 9.57 Å². The van der Waals surface area contributed by atoms with Crippen molar-refractivity contribution in [2.75, 3.05) is 38.7 Å². The van der Waals surface area contributed by atoms with E-state index in [1.165, 1.54) is 24.4 Å². The van der Waals surface area contributed by atoms with E-state index < -0.39 is 49.0 Å². The summed E-state index contributed by atoms with van der Waals surface area (Å²) in [5, 5.41) is 6.45. The Labute approximate surface area is 218 Å². The van der Waals surface area contributed by atoms with Crippen LogP contribution in [0.15, 0.2) is 30.2 Å². The lowest BCUT2D eigenvalue weighted by Crippen LogP contribution is -2.58. The van der Waals surface area contributed by atoms with Crippen LogP contribution in [0.4, 0.5) is 28.2 Å². The highest BCUT2D eigenvalue weighted by atomic mass is 19.3. The highest BCUT2D eigenvalue weighted by molar-refractivity contribution is 5.94. The Morgan fingerprint density at radius 3 is 2.68 bits per heavy atom. The molecule has 0 spiro atoms. The van der Waals surface area contributed by atoms with Gasteiger partial charge in [-0.15, -0.1) is 5.06 Å². The van der Waals surface area contributed by atoms with Crippen LogP contribution < -0.4 is 10.6 Å². The van der Waals surface area contributed by atoms with Gasteiger partial charge in [-0.05, 0) is 48.4 Å². The van der Waals surface area contributed by atoms with Gasteiger partial charge in [0.1, 0.15) is 18.1 Å². The van der Waals surface area contributed by atoms with Gasteiger partial charge in [0.2, 0.25) is 11.8 Å². The number of carbonyl (C=O) groups excluding carboxylic acids is 2. The summed E-state index contributed by atoms with van der Waals surface area (Å²) in [6.07, 6.45) is 3.40. The number of rotatable bonds is 9. The summed E-state index contributed by atoms with van der Waals surface area (Å²) >= 11 is 0. The molecule has 13 heteroatoms. The molecule has 1 saturated heterocycles. The summed E-state index contributed by atoms with van der Waals surface area (Å²) < 4.78 is 61.0. The molecule has 1 aromatic rings. The number of urea groups is 1. The normalized spacial score (nSPS) is 23.3. The summed E-state index contributed by atoms with van der Waals surface area (Å²) in [6.45, 7) is 0.737. The number of pyridine rings is 1. The second-order valence-corrected chi connectivity index (χ2v) is 10.0. The molecule has 1 saturated carbocycles. The lowest BCUT2D eigenvalue weighted by molar-refractivity contribution is -0.159. The van der Waals surface area contributed by atoms with Crippen LogP contribution in [0.3, 0.4) is 0 Å². The summed E-state index contributed by atoms with van der Waals surface area (Å²) in [7, 11) is 1.39. The van der Waals surface area contributed by atoms with Crippen LogP contribution in [0.1, 0.15) is 50.6 Å². The summed E-state index contributed by atoms with van der Waals surface area (Å²) in [5.74, 6) is -6.56. The second kappa shape index (κ2) is 11.4. The zero-order chi connectivity index (χ0) is 27.5. The van der Waals surface area contributed by atoms with E-state index in [9.17, 15) is 27.2 Å². The standard InChI is InChI=1S/C25H33F4N5O4/c1-3-16-11-34(38-12-16)21(17-4-7-24(26,27)8-5-17)22(35)32-20-10-18(6-9-30-20)19(13-37-2)33-15-25(28,29)14-31-23(33)36/h6,9-10,12,17,19,21H,3-5,7-8,11,13-15H2,1-2H3,(H,31,36)(H,30,32,35)/t19-,21+/m1/s1. The van der Waals surface area contributed by atoms with Gasteiger partial charge in [-0.25, -0.2) is 27.3 Å². The van der Waals surface area contributed by atoms with Crippen molar-refractivity contribution in [2.24, 2.45) is 5.92 Å². The first-order chi connectivity index (χ1) is 18.0. The highest BCUT2D eigenvalue weighted by Crippen LogP contribution is 2.39. The van der Waals surface area contributed by atoms with E-state index in [0.29, 0.717) is 12.1 Å². The van der Waals surface area contributed by atoms with E-state index in [-0.39, 0.29) is 44.0 Å². The lowest BCUT2D eigenvalue weighted by atomic mass is 9.81. The van der Waals surface area contributed by atoms with Crippen LogP contribution in [-0.4, -0.2) is 78.1 Å². The number of methoxy groups -OCH3 is 1. The Hall–Kier alpha value is -2.93. The molecule has 2 N–H and O–H groups in total. The summed E-state index contributed by atoms with van der Waals surface area (Å²) in [5.41, 5.74) is 1.41. The Bertz CT molecular complexity index is 1050. The Morgan fingerprint density at radius 2 is 2.03 bits per heavy atom. The second-order valence-electron chi connectivity index (χ2n) is 10.0. The number of anilines is 1. The smallest absolute Gasteiger partial charge is 0.318 e. The zero-order valence-electron chi connectivity index (χ0n) is 21.4. The van der Waals surface area contributed by atoms with E-state index in [1.54, 1.807) is 12.3 Å². The molecular formula is C25H33F4N5O4. The zero-order valence-corrected chi connectivity index (χ0v) is 21.4. The molecular weight excluding hydrogens is 510 g/mol. The first-order valence-electron chi connectivity index (χ1n) is 12.7. The van der Waals surface area contributed by atoms with Crippen molar-refractivity contribution < 1.29 is 36.7 Å². The Morgan fingerprint density at radius 1 is 1.29 bits per heavy atom. The van der Waals surface area contributed by atoms with E-state index in [2.05, 4.69) is 15.6 Å². The molecule has 0 radical (unpaired) electrons. The number of hydroxylamine groups is 2. The largest absolute Gasteiger partial charge is 0.413 e. The topological polar surface area (TPSA) is 96.0 Å². The average Bonchev–Trinajstić information content (AvgIpc) is 3.34. The molecule has 9 nitrogen and oxygen atoms in total. The third-order valence-corrected chi connectivity index (χ3v) is 7.24.